The number of carbonyl (C=O) groups is 1. The highest BCUT2D eigenvalue weighted by Crippen LogP contribution is 2.38. The number of carboxylic acids is 1. The topological polar surface area (TPSA) is 49.3 Å². The average molecular weight is 316 g/mol. The first-order valence-corrected chi connectivity index (χ1v) is 7.12. The Hall–Kier alpha value is -1.23. The molecule has 2 rings (SSSR count). The van der Waals surface area contributed by atoms with Gasteiger partial charge >= 0.3 is 5.97 Å². The van der Waals surface area contributed by atoms with E-state index in [9.17, 15) is 4.79 Å². The van der Waals surface area contributed by atoms with E-state index in [4.69, 9.17) is 28.3 Å². The molecule has 0 aliphatic rings. The molecule has 2 aromatic rings. The number of benzene rings is 1. The van der Waals surface area contributed by atoms with Crippen molar-refractivity contribution in [3.05, 3.63) is 44.1 Å². The summed E-state index contributed by atoms with van der Waals surface area (Å²) in [6, 6.07) is 5.55. The van der Waals surface area contributed by atoms with E-state index in [1.54, 1.807) is 11.4 Å². The van der Waals surface area contributed by atoms with Crippen LogP contribution >= 0.6 is 34.5 Å². The molecule has 0 saturated carbocycles. The summed E-state index contributed by atoms with van der Waals surface area (Å²) < 4.78 is 0.524. The Balaban J connectivity index is 2.38. The van der Waals surface area contributed by atoms with E-state index in [1.807, 2.05) is 19.1 Å². The monoisotopic (exact) mass is 315 g/mol. The van der Waals surface area contributed by atoms with Gasteiger partial charge in [0.1, 0.15) is 4.34 Å². The number of hydrogen-bond acceptors (Lipinski definition) is 3. The number of aryl methyl sites for hydroxylation is 1. The molecule has 19 heavy (non-hydrogen) atoms. The van der Waals surface area contributed by atoms with Crippen LogP contribution in [0, 0.1) is 6.92 Å². The number of carboxylic acid groups (broad SMARTS) is 1. The lowest BCUT2D eigenvalue weighted by Gasteiger charge is -2.12. The minimum atomic E-state index is -0.895. The molecule has 0 aliphatic carbocycles. The van der Waals surface area contributed by atoms with Gasteiger partial charge in [0.25, 0.3) is 0 Å². The van der Waals surface area contributed by atoms with Crippen LogP contribution in [0.4, 0.5) is 11.4 Å². The Labute approximate surface area is 124 Å². The van der Waals surface area contributed by atoms with Crippen LogP contribution < -0.4 is 5.32 Å². The largest absolute Gasteiger partial charge is 0.481 e. The normalized spacial score (nSPS) is 10.5. The third-order valence-electron chi connectivity index (χ3n) is 2.64. The average Bonchev–Trinajstić information content (AvgIpc) is 2.65. The summed E-state index contributed by atoms with van der Waals surface area (Å²) in [5.74, 6) is -0.895. The minimum absolute atomic E-state index is 0.0744. The fourth-order valence-electron chi connectivity index (χ4n) is 1.70. The fraction of sp³-hybridized carbons (Fsp3) is 0.154. The van der Waals surface area contributed by atoms with E-state index in [1.165, 1.54) is 11.3 Å². The third kappa shape index (κ3) is 3.21. The van der Waals surface area contributed by atoms with Gasteiger partial charge in [-0.2, -0.15) is 0 Å². The van der Waals surface area contributed by atoms with Gasteiger partial charge in [-0.3, -0.25) is 4.79 Å². The van der Waals surface area contributed by atoms with Crippen LogP contribution in [-0.2, 0) is 11.2 Å². The summed E-state index contributed by atoms with van der Waals surface area (Å²) in [5.41, 5.74) is 2.99. The molecule has 0 saturated heterocycles. The molecule has 3 nitrogen and oxygen atoms in total. The lowest BCUT2D eigenvalue weighted by atomic mass is 10.1. The molecule has 0 bridgehead atoms. The second-order valence-corrected chi connectivity index (χ2v) is 5.93. The van der Waals surface area contributed by atoms with Crippen LogP contribution in [0.15, 0.2) is 23.6 Å². The van der Waals surface area contributed by atoms with Crippen molar-refractivity contribution in [2.24, 2.45) is 0 Å². The van der Waals surface area contributed by atoms with E-state index in [-0.39, 0.29) is 6.42 Å². The smallest absolute Gasteiger partial charge is 0.307 e. The Morgan fingerprint density at radius 3 is 2.74 bits per heavy atom. The zero-order chi connectivity index (χ0) is 14.0. The lowest BCUT2D eigenvalue weighted by molar-refractivity contribution is -0.136. The molecular formula is C13H11Cl2NO2S. The number of anilines is 2. The molecule has 1 aromatic heterocycles. The van der Waals surface area contributed by atoms with Crippen LogP contribution in [0.1, 0.15) is 11.1 Å². The van der Waals surface area contributed by atoms with E-state index >= 15 is 0 Å². The van der Waals surface area contributed by atoms with Crippen molar-refractivity contribution >= 4 is 51.9 Å². The van der Waals surface area contributed by atoms with Crippen molar-refractivity contribution in [3.63, 3.8) is 0 Å². The maximum atomic E-state index is 10.8. The minimum Gasteiger partial charge on any atom is -0.481 e. The second kappa shape index (κ2) is 5.82. The lowest BCUT2D eigenvalue weighted by Crippen LogP contribution is -2.02. The number of hydrogen-bond donors (Lipinski definition) is 2. The molecule has 0 radical (unpaired) electrons. The zero-order valence-electron chi connectivity index (χ0n) is 10.0. The van der Waals surface area contributed by atoms with E-state index in [0.29, 0.717) is 20.6 Å². The molecule has 0 atom stereocenters. The van der Waals surface area contributed by atoms with Crippen LogP contribution in [0.2, 0.25) is 9.36 Å². The number of thiophene rings is 1. The van der Waals surface area contributed by atoms with Gasteiger partial charge in [-0.15, -0.1) is 11.3 Å². The van der Waals surface area contributed by atoms with Gasteiger partial charge in [0.05, 0.1) is 22.8 Å². The molecule has 0 aliphatic heterocycles. The molecule has 0 unspecified atom stereocenters. The maximum Gasteiger partial charge on any atom is 0.307 e. The summed E-state index contributed by atoms with van der Waals surface area (Å²) in [5, 5.41) is 14.3. The van der Waals surface area contributed by atoms with Gasteiger partial charge in [-0.05, 0) is 29.5 Å². The van der Waals surface area contributed by atoms with Gasteiger partial charge in [0.15, 0.2) is 0 Å². The predicted octanol–water partition coefficient (Wildman–Crippen LogP) is 4.73. The number of aliphatic carboxylic acids is 1. The van der Waals surface area contributed by atoms with Crippen LogP contribution in [0.25, 0.3) is 0 Å². The molecule has 100 valence electrons. The summed E-state index contributed by atoms with van der Waals surface area (Å²) in [6.45, 7) is 1.92. The zero-order valence-corrected chi connectivity index (χ0v) is 12.4. The summed E-state index contributed by atoms with van der Waals surface area (Å²) in [7, 11) is 0. The predicted molar refractivity (Wildman–Crippen MR) is 80.1 cm³/mol. The highest BCUT2D eigenvalue weighted by atomic mass is 35.5. The Morgan fingerprint density at radius 2 is 2.11 bits per heavy atom. The Morgan fingerprint density at radius 1 is 1.37 bits per heavy atom. The molecule has 6 heteroatoms. The first kappa shape index (κ1) is 14.2. The molecule has 2 N–H and O–H groups in total. The van der Waals surface area contributed by atoms with Gasteiger partial charge in [-0.1, -0.05) is 35.3 Å². The van der Waals surface area contributed by atoms with Crippen molar-refractivity contribution in [3.8, 4) is 0 Å². The van der Waals surface area contributed by atoms with Crippen LogP contribution in [-0.4, -0.2) is 11.1 Å². The summed E-state index contributed by atoms with van der Waals surface area (Å²) in [6.07, 6.45) is -0.0744. The van der Waals surface area contributed by atoms with Crippen LogP contribution in [0.5, 0.6) is 0 Å². The quantitative estimate of drug-likeness (QED) is 0.857. The Bertz CT molecular complexity index is 605. The highest BCUT2D eigenvalue weighted by molar-refractivity contribution is 7.15. The van der Waals surface area contributed by atoms with E-state index < -0.39 is 5.97 Å². The third-order valence-corrected chi connectivity index (χ3v) is 4.22. The number of halogens is 2. The second-order valence-electron chi connectivity index (χ2n) is 4.04. The van der Waals surface area contributed by atoms with Crippen molar-refractivity contribution < 1.29 is 9.90 Å². The first-order chi connectivity index (χ1) is 8.99. The molecule has 0 amide bonds. The van der Waals surface area contributed by atoms with Crippen molar-refractivity contribution in [1.82, 2.24) is 0 Å². The number of para-hydroxylation sites is 1. The standard InChI is InChI=1S/C13H11Cl2NO2S/c1-7-3-2-4-9(14)11(7)16-12-8(5-10(17)18)6-19-13(12)15/h2-4,6,16H,5H2,1H3,(H,17,18). The molecule has 1 aromatic carbocycles. The maximum absolute atomic E-state index is 10.8. The van der Waals surface area contributed by atoms with Crippen molar-refractivity contribution in [2.75, 3.05) is 5.32 Å². The van der Waals surface area contributed by atoms with Gasteiger partial charge in [0.2, 0.25) is 0 Å². The Kier molecular flexibility index (Phi) is 4.34. The highest BCUT2D eigenvalue weighted by Gasteiger charge is 2.15. The summed E-state index contributed by atoms with van der Waals surface area (Å²) in [4.78, 5) is 10.8. The van der Waals surface area contributed by atoms with Gasteiger partial charge in [-0.25, -0.2) is 0 Å². The van der Waals surface area contributed by atoms with Crippen molar-refractivity contribution in [1.29, 1.82) is 0 Å². The fourth-order valence-corrected chi connectivity index (χ4v) is 3.02. The van der Waals surface area contributed by atoms with Crippen LogP contribution in [0.3, 0.4) is 0 Å². The molecular weight excluding hydrogens is 305 g/mol. The molecule has 0 fully saturated rings. The van der Waals surface area contributed by atoms with Gasteiger partial charge in [0, 0.05) is 0 Å². The van der Waals surface area contributed by atoms with E-state index in [2.05, 4.69) is 5.32 Å². The van der Waals surface area contributed by atoms with E-state index in [0.717, 1.165) is 11.3 Å². The van der Waals surface area contributed by atoms with Crippen molar-refractivity contribution in [2.45, 2.75) is 13.3 Å². The number of nitrogens with one attached hydrogen (secondary N) is 1. The molecule has 1 heterocycles. The van der Waals surface area contributed by atoms with Gasteiger partial charge < -0.3 is 10.4 Å². The summed E-state index contributed by atoms with van der Waals surface area (Å²) >= 11 is 13.5. The number of rotatable bonds is 4. The first-order valence-electron chi connectivity index (χ1n) is 5.49. The molecule has 0 spiro atoms. The SMILES string of the molecule is Cc1cccc(Cl)c1Nc1c(CC(=O)O)csc1Cl.